The summed E-state index contributed by atoms with van der Waals surface area (Å²) in [5.74, 6) is -0.779. The number of rotatable bonds is 9. The molecule has 206 valence electrons. The van der Waals surface area contributed by atoms with Crippen molar-refractivity contribution in [2.24, 2.45) is 0 Å². The average Bonchev–Trinajstić information content (AvgIpc) is 3.39. The number of non-ortho nitro benzene ring substituents is 1. The predicted molar refractivity (Wildman–Crippen MR) is 153 cm³/mol. The first-order chi connectivity index (χ1) is 19.3. The van der Waals surface area contributed by atoms with Crippen molar-refractivity contribution >= 4 is 28.4 Å². The Bertz CT molecular complexity index is 1510. The van der Waals surface area contributed by atoms with Crippen LogP contribution < -0.4 is 10.6 Å². The van der Waals surface area contributed by atoms with Gasteiger partial charge in [0.05, 0.1) is 4.92 Å². The second-order valence-electron chi connectivity index (χ2n) is 10.9. The fraction of sp³-hybridized carbons (Fsp3) is 0.323. The van der Waals surface area contributed by atoms with Crippen molar-refractivity contribution in [1.82, 2.24) is 20.6 Å². The molecule has 0 aliphatic heterocycles. The molecule has 0 spiro atoms. The van der Waals surface area contributed by atoms with Crippen LogP contribution >= 0.6 is 0 Å². The van der Waals surface area contributed by atoms with Crippen molar-refractivity contribution in [1.29, 1.82) is 0 Å². The van der Waals surface area contributed by atoms with Gasteiger partial charge < -0.3 is 15.6 Å². The summed E-state index contributed by atoms with van der Waals surface area (Å²) in [6.07, 6.45) is 9.05. The van der Waals surface area contributed by atoms with Crippen LogP contribution in [0.4, 0.5) is 5.69 Å². The van der Waals surface area contributed by atoms with Gasteiger partial charge in [0, 0.05) is 65.1 Å². The molecule has 1 saturated carbocycles. The quantitative estimate of drug-likeness (QED) is 0.198. The van der Waals surface area contributed by atoms with Crippen LogP contribution in [-0.2, 0) is 16.6 Å². The Morgan fingerprint density at radius 1 is 1.02 bits per heavy atom. The molecule has 1 aliphatic rings. The number of carbonyl (C=O) groups is 2. The molecule has 2 heterocycles. The zero-order chi connectivity index (χ0) is 28.2. The summed E-state index contributed by atoms with van der Waals surface area (Å²) in [4.78, 5) is 45.8. The number of pyridine rings is 1. The highest BCUT2D eigenvalue weighted by Gasteiger charge is 2.40. The molecule has 2 amide bonds. The van der Waals surface area contributed by atoms with Gasteiger partial charge in [-0.25, -0.2) is 0 Å². The van der Waals surface area contributed by atoms with Crippen molar-refractivity contribution in [3.05, 3.63) is 106 Å². The van der Waals surface area contributed by atoms with Gasteiger partial charge in [-0.3, -0.25) is 24.7 Å². The van der Waals surface area contributed by atoms with Gasteiger partial charge in [0.2, 0.25) is 5.91 Å². The summed E-state index contributed by atoms with van der Waals surface area (Å²) in [7, 11) is 0. The second kappa shape index (κ2) is 11.3. The van der Waals surface area contributed by atoms with E-state index in [-0.39, 0.29) is 29.0 Å². The SMILES string of the molecule is CC(Cc1c[nH]c2ccccc12)(NC(=O)c1ccc([N+](=O)[O-])cc1)C(=O)NCC1(c2ccccn2)CCCCC1. The Labute approximate surface area is 232 Å². The second-order valence-corrected chi connectivity index (χ2v) is 10.9. The van der Waals surface area contributed by atoms with Crippen LogP contribution in [0.25, 0.3) is 10.9 Å². The van der Waals surface area contributed by atoms with Crippen LogP contribution in [-0.4, -0.2) is 38.8 Å². The number of benzene rings is 2. The molecule has 2 aromatic carbocycles. The summed E-state index contributed by atoms with van der Waals surface area (Å²) in [6, 6.07) is 19.1. The fourth-order valence-electron chi connectivity index (χ4n) is 5.77. The number of aromatic amines is 1. The topological polar surface area (TPSA) is 130 Å². The average molecular weight is 540 g/mol. The zero-order valence-corrected chi connectivity index (χ0v) is 22.5. The lowest BCUT2D eigenvalue weighted by molar-refractivity contribution is -0.384. The summed E-state index contributed by atoms with van der Waals surface area (Å²) < 4.78 is 0. The van der Waals surface area contributed by atoms with E-state index in [0.717, 1.165) is 54.3 Å². The van der Waals surface area contributed by atoms with E-state index < -0.39 is 16.4 Å². The summed E-state index contributed by atoms with van der Waals surface area (Å²) in [6.45, 7) is 2.14. The number of aromatic nitrogens is 2. The number of nitrogens with one attached hydrogen (secondary N) is 3. The Morgan fingerprint density at radius 2 is 1.75 bits per heavy atom. The number of nitro benzene ring substituents is 1. The van der Waals surface area contributed by atoms with Crippen molar-refractivity contribution in [3.63, 3.8) is 0 Å². The molecule has 1 fully saturated rings. The number of H-pyrrole nitrogens is 1. The number of nitro groups is 1. The lowest BCUT2D eigenvalue weighted by Crippen LogP contribution is -2.59. The minimum absolute atomic E-state index is 0.108. The van der Waals surface area contributed by atoms with E-state index in [9.17, 15) is 19.7 Å². The third-order valence-electron chi connectivity index (χ3n) is 8.06. The normalized spacial score (nSPS) is 16.1. The summed E-state index contributed by atoms with van der Waals surface area (Å²) >= 11 is 0. The third-order valence-corrected chi connectivity index (χ3v) is 8.06. The zero-order valence-electron chi connectivity index (χ0n) is 22.5. The van der Waals surface area contributed by atoms with Gasteiger partial charge in [-0.05, 0) is 55.7 Å². The highest BCUT2D eigenvalue weighted by atomic mass is 16.6. The van der Waals surface area contributed by atoms with E-state index in [1.54, 1.807) is 13.1 Å². The van der Waals surface area contributed by atoms with E-state index in [1.807, 2.05) is 48.7 Å². The van der Waals surface area contributed by atoms with Gasteiger partial charge in [-0.1, -0.05) is 43.5 Å². The van der Waals surface area contributed by atoms with Crippen molar-refractivity contribution < 1.29 is 14.5 Å². The number of para-hydroxylation sites is 1. The fourth-order valence-corrected chi connectivity index (χ4v) is 5.77. The molecule has 1 unspecified atom stereocenters. The largest absolute Gasteiger partial charge is 0.361 e. The molecule has 3 N–H and O–H groups in total. The predicted octanol–water partition coefficient (Wildman–Crippen LogP) is 5.22. The Kier molecular flexibility index (Phi) is 7.64. The monoisotopic (exact) mass is 539 g/mol. The van der Waals surface area contributed by atoms with Crippen LogP contribution in [0.1, 0.15) is 60.6 Å². The molecule has 9 nitrogen and oxygen atoms in total. The first-order valence-corrected chi connectivity index (χ1v) is 13.6. The first kappa shape index (κ1) is 27.1. The van der Waals surface area contributed by atoms with Crippen molar-refractivity contribution in [3.8, 4) is 0 Å². The molecular weight excluding hydrogens is 506 g/mol. The number of hydrogen-bond donors (Lipinski definition) is 3. The molecule has 0 radical (unpaired) electrons. The molecule has 0 saturated heterocycles. The van der Waals surface area contributed by atoms with E-state index in [2.05, 4.69) is 20.6 Å². The highest BCUT2D eigenvalue weighted by molar-refractivity contribution is 5.99. The standard InChI is InChI=1S/C31H33N5O4/c1-30(19-23-20-33-26-10-4-3-9-25(23)26,35-28(37)22-12-14-24(15-13-22)36(39)40)29(38)34-21-31(16-6-2-7-17-31)27-11-5-8-18-32-27/h3-5,8-15,18,20,33H,2,6-7,16-17,19,21H2,1H3,(H,34,38)(H,35,37). The summed E-state index contributed by atoms with van der Waals surface area (Å²) in [5.41, 5.74) is 1.38. The third kappa shape index (κ3) is 5.59. The lowest BCUT2D eigenvalue weighted by Gasteiger charge is -2.38. The van der Waals surface area contributed by atoms with Crippen LogP contribution in [0.15, 0.2) is 79.1 Å². The maximum Gasteiger partial charge on any atom is 0.269 e. The lowest BCUT2D eigenvalue weighted by atomic mass is 9.71. The number of nitrogens with zero attached hydrogens (tertiary/aromatic N) is 2. The van der Waals surface area contributed by atoms with Gasteiger partial charge in [0.15, 0.2) is 0 Å². The van der Waals surface area contributed by atoms with Gasteiger partial charge >= 0.3 is 0 Å². The summed E-state index contributed by atoms with van der Waals surface area (Å²) in [5, 5.41) is 18.2. The molecule has 1 aliphatic carbocycles. The minimum Gasteiger partial charge on any atom is -0.361 e. The number of amides is 2. The number of carbonyl (C=O) groups excluding carboxylic acids is 2. The maximum absolute atomic E-state index is 14.0. The van der Waals surface area contributed by atoms with Gasteiger partial charge in [-0.2, -0.15) is 0 Å². The molecule has 40 heavy (non-hydrogen) atoms. The van der Waals surface area contributed by atoms with Gasteiger partial charge in [-0.15, -0.1) is 0 Å². The first-order valence-electron chi connectivity index (χ1n) is 13.6. The van der Waals surface area contributed by atoms with Crippen LogP contribution in [0.5, 0.6) is 0 Å². The Balaban J connectivity index is 1.42. The number of hydrogen-bond acceptors (Lipinski definition) is 5. The maximum atomic E-state index is 14.0. The van der Waals surface area contributed by atoms with Gasteiger partial charge in [0.1, 0.15) is 5.54 Å². The van der Waals surface area contributed by atoms with E-state index in [0.29, 0.717) is 6.54 Å². The number of fused-ring (bicyclic) bond motifs is 1. The van der Waals surface area contributed by atoms with E-state index in [1.165, 1.54) is 24.3 Å². The molecule has 0 bridgehead atoms. The smallest absolute Gasteiger partial charge is 0.269 e. The highest BCUT2D eigenvalue weighted by Crippen LogP contribution is 2.38. The van der Waals surface area contributed by atoms with Crippen molar-refractivity contribution in [2.45, 2.75) is 56.4 Å². The molecule has 4 aromatic rings. The van der Waals surface area contributed by atoms with Gasteiger partial charge in [0.25, 0.3) is 11.6 Å². The van der Waals surface area contributed by atoms with Crippen LogP contribution in [0.2, 0.25) is 0 Å². The molecule has 9 heteroatoms. The van der Waals surface area contributed by atoms with Crippen LogP contribution in [0, 0.1) is 10.1 Å². The van der Waals surface area contributed by atoms with E-state index in [4.69, 9.17) is 0 Å². The minimum atomic E-state index is -1.30. The van der Waals surface area contributed by atoms with E-state index >= 15 is 0 Å². The van der Waals surface area contributed by atoms with Crippen molar-refractivity contribution in [2.75, 3.05) is 6.54 Å². The molecular formula is C31H33N5O4. The Hall–Kier alpha value is -4.53. The molecule has 2 aromatic heterocycles. The van der Waals surface area contributed by atoms with Crippen LogP contribution in [0.3, 0.4) is 0 Å². The Morgan fingerprint density at radius 3 is 2.45 bits per heavy atom. The molecule has 1 atom stereocenters. The molecule has 5 rings (SSSR count).